The monoisotopic (exact) mass is 384 g/mol. The van der Waals surface area contributed by atoms with Crippen LogP contribution in [-0.2, 0) is 26.0 Å². The number of nitrogens with zero attached hydrogens (tertiary/aromatic N) is 2. The summed E-state index contributed by atoms with van der Waals surface area (Å²) in [5.41, 5.74) is 1.12. The molecule has 1 aromatic carbocycles. The lowest BCUT2D eigenvalue weighted by Gasteiger charge is -2.33. The third kappa shape index (κ3) is 5.77. The predicted octanol–water partition coefficient (Wildman–Crippen LogP) is 1.29. The van der Waals surface area contributed by atoms with E-state index in [1.165, 1.54) is 4.31 Å². The van der Waals surface area contributed by atoms with Crippen molar-refractivity contribution in [3.8, 4) is 0 Å². The van der Waals surface area contributed by atoms with Crippen LogP contribution in [0.25, 0.3) is 0 Å². The Labute approximate surface area is 155 Å². The standard InChI is InChI=1S/C18H28N2O5S/c1-14(2)10-15-4-6-17(7-5-15)26(23,24)20-8-9-25-16(12-20)11-19(3)13-18(21)22/h4-7,14,16H,8-13H2,1-3H3,(H,21,22). The molecule has 1 saturated heterocycles. The summed E-state index contributed by atoms with van der Waals surface area (Å²) in [6, 6.07) is 7.05. The molecule has 1 atom stereocenters. The molecule has 0 aromatic heterocycles. The minimum Gasteiger partial charge on any atom is -0.480 e. The van der Waals surface area contributed by atoms with Gasteiger partial charge in [0.25, 0.3) is 0 Å². The summed E-state index contributed by atoms with van der Waals surface area (Å²) < 4.78 is 32.8. The molecule has 1 aliphatic heterocycles. The number of likely N-dealkylation sites (N-methyl/N-ethyl adjacent to an activating group) is 1. The van der Waals surface area contributed by atoms with Crippen LogP contribution < -0.4 is 0 Å². The van der Waals surface area contributed by atoms with E-state index in [4.69, 9.17) is 9.84 Å². The maximum atomic E-state index is 12.9. The Morgan fingerprint density at radius 3 is 2.58 bits per heavy atom. The molecular formula is C18H28N2O5S. The molecule has 0 radical (unpaired) electrons. The fourth-order valence-corrected chi connectivity index (χ4v) is 4.54. The van der Waals surface area contributed by atoms with Crippen molar-refractivity contribution in [3.63, 3.8) is 0 Å². The molecule has 1 unspecified atom stereocenters. The average Bonchev–Trinajstić information content (AvgIpc) is 2.54. The normalized spacial score (nSPS) is 19.2. The molecule has 1 heterocycles. The SMILES string of the molecule is CC(C)Cc1ccc(S(=O)(=O)N2CCOC(CN(C)CC(=O)O)C2)cc1. The third-order valence-electron chi connectivity index (χ3n) is 4.23. The molecule has 8 heteroatoms. The molecule has 7 nitrogen and oxygen atoms in total. The molecule has 146 valence electrons. The highest BCUT2D eigenvalue weighted by atomic mass is 32.2. The Hall–Kier alpha value is -1.48. The van der Waals surface area contributed by atoms with Gasteiger partial charge in [-0.15, -0.1) is 0 Å². The van der Waals surface area contributed by atoms with Gasteiger partial charge in [-0.05, 0) is 37.1 Å². The van der Waals surface area contributed by atoms with Gasteiger partial charge >= 0.3 is 5.97 Å². The van der Waals surface area contributed by atoms with E-state index in [1.807, 2.05) is 12.1 Å². The summed E-state index contributed by atoms with van der Waals surface area (Å²) in [6.45, 7) is 5.33. The van der Waals surface area contributed by atoms with E-state index in [-0.39, 0.29) is 24.1 Å². The number of benzene rings is 1. The predicted molar refractivity (Wildman–Crippen MR) is 98.6 cm³/mol. The number of carbonyl (C=O) groups is 1. The zero-order valence-electron chi connectivity index (χ0n) is 15.6. The van der Waals surface area contributed by atoms with Crippen LogP contribution in [0.3, 0.4) is 0 Å². The number of rotatable bonds is 8. The highest BCUT2D eigenvalue weighted by Crippen LogP contribution is 2.20. The van der Waals surface area contributed by atoms with Crippen molar-refractivity contribution in [1.82, 2.24) is 9.21 Å². The summed E-state index contributed by atoms with van der Waals surface area (Å²) in [5, 5.41) is 8.83. The molecule has 1 N–H and O–H groups in total. The summed E-state index contributed by atoms with van der Waals surface area (Å²) in [4.78, 5) is 12.7. The number of carboxylic acids is 1. The Bertz CT molecular complexity index is 703. The van der Waals surface area contributed by atoms with Crippen LogP contribution in [0.5, 0.6) is 0 Å². The first-order chi connectivity index (χ1) is 12.2. The van der Waals surface area contributed by atoms with E-state index in [0.717, 1.165) is 12.0 Å². The highest BCUT2D eigenvalue weighted by Gasteiger charge is 2.31. The zero-order valence-corrected chi connectivity index (χ0v) is 16.4. The second kappa shape index (κ2) is 8.94. The second-order valence-corrected chi connectivity index (χ2v) is 9.13. The van der Waals surface area contributed by atoms with Crippen LogP contribution in [0.15, 0.2) is 29.2 Å². The average molecular weight is 384 g/mol. The van der Waals surface area contributed by atoms with E-state index in [9.17, 15) is 13.2 Å². The Balaban J connectivity index is 2.04. The maximum Gasteiger partial charge on any atom is 0.317 e. The number of morpholine rings is 1. The van der Waals surface area contributed by atoms with Crippen molar-refractivity contribution in [3.05, 3.63) is 29.8 Å². The molecule has 2 rings (SSSR count). The quantitative estimate of drug-likeness (QED) is 0.727. The first-order valence-corrected chi connectivity index (χ1v) is 10.2. The Morgan fingerprint density at radius 1 is 1.35 bits per heavy atom. The summed E-state index contributed by atoms with van der Waals surface area (Å²) in [7, 11) is -1.90. The lowest BCUT2D eigenvalue weighted by Crippen LogP contribution is -2.49. The van der Waals surface area contributed by atoms with E-state index in [2.05, 4.69) is 13.8 Å². The third-order valence-corrected chi connectivity index (χ3v) is 6.11. The van der Waals surface area contributed by atoms with E-state index in [0.29, 0.717) is 25.6 Å². The largest absolute Gasteiger partial charge is 0.480 e. The lowest BCUT2D eigenvalue weighted by atomic mass is 10.0. The number of sulfonamides is 1. The fraction of sp³-hybridized carbons (Fsp3) is 0.611. The molecule has 26 heavy (non-hydrogen) atoms. The highest BCUT2D eigenvalue weighted by molar-refractivity contribution is 7.89. The van der Waals surface area contributed by atoms with E-state index < -0.39 is 16.0 Å². The topological polar surface area (TPSA) is 87.2 Å². The van der Waals surface area contributed by atoms with Gasteiger partial charge in [0, 0.05) is 19.6 Å². The van der Waals surface area contributed by atoms with Gasteiger partial charge in [0.15, 0.2) is 0 Å². The number of hydrogen-bond donors (Lipinski definition) is 1. The van der Waals surface area contributed by atoms with Crippen LogP contribution in [0.1, 0.15) is 19.4 Å². The van der Waals surface area contributed by atoms with Gasteiger partial charge in [-0.2, -0.15) is 4.31 Å². The maximum absolute atomic E-state index is 12.9. The molecule has 0 saturated carbocycles. The van der Waals surface area contributed by atoms with Crippen molar-refractivity contribution in [1.29, 1.82) is 0 Å². The van der Waals surface area contributed by atoms with Gasteiger partial charge in [0.05, 0.1) is 24.2 Å². The number of carboxylic acid groups (broad SMARTS) is 1. The molecule has 0 spiro atoms. The smallest absolute Gasteiger partial charge is 0.317 e. The van der Waals surface area contributed by atoms with Crippen molar-refractivity contribution in [2.24, 2.45) is 5.92 Å². The molecule has 0 aliphatic carbocycles. The van der Waals surface area contributed by atoms with E-state index >= 15 is 0 Å². The van der Waals surface area contributed by atoms with Crippen LogP contribution in [0.2, 0.25) is 0 Å². The van der Waals surface area contributed by atoms with Crippen molar-refractivity contribution in [2.45, 2.75) is 31.3 Å². The number of aliphatic carboxylic acids is 1. The van der Waals surface area contributed by atoms with Gasteiger partial charge in [-0.3, -0.25) is 9.69 Å². The number of ether oxygens (including phenoxy) is 1. The summed E-state index contributed by atoms with van der Waals surface area (Å²) >= 11 is 0. The van der Waals surface area contributed by atoms with Crippen molar-refractivity contribution >= 4 is 16.0 Å². The summed E-state index contributed by atoms with van der Waals surface area (Å²) in [5.74, 6) is -0.408. The van der Waals surface area contributed by atoms with Crippen LogP contribution in [0, 0.1) is 5.92 Å². The van der Waals surface area contributed by atoms with Gasteiger partial charge < -0.3 is 9.84 Å². The lowest BCUT2D eigenvalue weighted by molar-refractivity contribution is -0.138. The minimum atomic E-state index is -3.58. The minimum absolute atomic E-state index is 0.107. The van der Waals surface area contributed by atoms with Gasteiger partial charge in [0.2, 0.25) is 10.0 Å². The van der Waals surface area contributed by atoms with E-state index in [1.54, 1.807) is 24.1 Å². The fourth-order valence-electron chi connectivity index (χ4n) is 3.08. The molecule has 1 aromatic rings. The first kappa shape index (κ1) is 20.8. The van der Waals surface area contributed by atoms with Crippen molar-refractivity contribution < 1.29 is 23.1 Å². The summed E-state index contributed by atoms with van der Waals surface area (Å²) in [6.07, 6.45) is 0.568. The van der Waals surface area contributed by atoms with Crippen molar-refractivity contribution in [2.75, 3.05) is 39.8 Å². The van der Waals surface area contributed by atoms with Crippen LogP contribution >= 0.6 is 0 Å². The van der Waals surface area contributed by atoms with Crippen LogP contribution in [-0.4, -0.2) is 74.6 Å². The Kier molecular flexibility index (Phi) is 7.16. The molecule has 1 aliphatic rings. The first-order valence-electron chi connectivity index (χ1n) is 8.79. The Morgan fingerprint density at radius 2 is 2.00 bits per heavy atom. The number of hydrogen-bond acceptors (Lipinski definition) is 5. The van der Waals surface area contributed by atoms with Gasteiger partial charge in [-0.1, -0.05) is 26.0 Å². The molecular weight excluding hydrogens is 356 g/mol. The molecule has 0 amide bonds. The molecule has 1 fully saturated rings. The van der Waals surface area contributed by atoms with Gasteiger partial charge in [-0.25, -0.2) is 8.42 Å². The second-order valence-electron chi connectivity index (χ2n) is 7.19. The van der Waals surface area contributed by atoms with Crippen LogP contribution in [0.4, 0.5) is 0 Å². The van der Waals surface area contributed by atoms with Gasteiger partial charge in [0.1, 0.15) is 0 Å². The zero-order chi connectivity index (χ0) is 19.3. The molecule has 0 bridgehead atoms.